The van der Waals surface area contributed by atoms with Crippen molar-refractivity contribution < 1.29 is 9.90 Å². The Morgan fingerprint density at radius 3 is 2.78 bits per heavy atom. The molecule has 1 amide bonds. The molecule has 2 saturated carbocycles. The van der Waals surface area contributed by atoms with Crippen molar-refractivity contribution in [3.63, 3.8) is 0 Å². The molecule has 4 unspecified atom stereocenters. The Labute approximate surface area is 109 Å². The van der Waals surface area contributed by atoms with Gasteiger partial charge < -0.3 is 15.7 Å². The van der Waals surface area contributed by atoms with Crippen LogP contribution in [-0.2, 0) is 4.79 Å². The molecular formula is C14H24N2O2. The van der Waals surface area contributed by atoms with E-state index in [0.29, 0.717) is 24.4 Å². The van der Waals surface area contributed by atoms with E-state index in [1.165, 1.54) is 25.7 Å². The van der Waals surface area contributed by atoms with Crippen LogP contribution in [0.4, 0.5) is 0 Å². The molecule has 102 valence electrons. The number of aliphatic hydroxyl groups is 1. The van der Waals surface area contributed by atoms with Gasteiger partial charge in [0.05, 0.1) is 12.1 Å². The third-order valence-corrected chi connectivity index (χ3v) is 4.83. The third-order valence-electron chi connectivity index (χ3n) is 4.83. The molecular weight excluding hydrogens is 228 g/mol. The first-order valence-corrected chi connectivity index (χ1v) is 7.46. The van der Waals surface area contributed by atoms with E-state index in [-0.39, 0.29) is 18.1 Å². The predicted molar refractivity (Wildman–Crippen MR) is 69.0 cm³/mol. The van der Waals surface area contributed by atoms with Gasteiger partial charge in [-0.3, -0.25) is 4.79 Å². The van der Waals surface area contributed by atoms with E-state index in [4.69, 9.17) is 0 Å². The normalized spacial score (nSPS) is 37.1. The fourth-order valence-corrected chi connectivity index (χ4v) is 3.50. The zero-order valence-electron chi connectivity index (χ0n) is 10.9. The molecule has 2 aliphatic carbocycles. The van der Waals surface area contributed by atoms with Crippen LogP contribution in [0.2, 0.25) is 0 Å². The maximum absolute atomic E-state index is 12.1. The highest BCUT2D eigenvalue weighted by atomic mass is 16.3. The first-order valence-electron chi connectivity index (χ1n) is 7.46. The van der Waals surface area contributed by atoms with Gasteiger partial charge in [0, 0.05) is 12.6 Å². The molecule has 0 aromatic rings. The molecule has 0 aromatic carbocycles. The van der Waals surface area contributed by atoms with Crippen molar-refractivity contribution in [2.24, 2.45) is 11.8 Å². The monoisotopic (exact) mass is 252 g/mol. The second-order valence-corrected chi connectivity index (χ2v) is 6.26. The van der Waals surface area contributed by atoms with E-state index in [9.17, 15) is 9.90 Å². The average Bonchev–Trinajstić information content (AvgIpc) is 3.14. The van der Waals surface area contributed by atoms with E-state index in [1.807, 2.05) is 0 Å². The van der Waals surface area contributed by atoms with Crippen LogP contribution in [0.5, 0.6) is 0 Å². The van der Waals surface area contributed by atoms with Crippen molar-refractivity contribution in [2.75, 3.05) is 6.54 Å². The first-order chi connectivity index (χ1) is 8.74. The summed E-state index contributed by atoms with van der Waals surface area (Å²) in [7, 11) is 0. The number of nitrogens with one attached hydrogen (secondary N) is 2. The second-order valence-electron chi connectivity index (χ2n) is 6.26. The molecule has 1 heterocycles. The van der Waals surface area contributed by atoms with Crippen LogP contribution in [0.1, 0.15) is 44.9 Å². The van der Waals surface area contributed by atoms with E-state index in [2.05, 4.69) is 10.6 Å². The molecule has 1 saturated heterocycles. The number of carbonyl (C=O) groups excluding carboxylic acids is 1. The van der Waals surface area contributed by atoms with Gasteiger partial charge in [-0.25, -0.2) is 0 Å². The number of rotatable bonds is 4. The smallest absolute Gasteiger partial charge is 0.237 e. The quantitative estimate of drug-likeness (QED) is 0.693. The highest BCUT2D eigenvalue weighted by Crippen LogP contribution is 2.34. The molecule has 3 rings (SSSR count). The fourth-order valence-electron chi connectivity index (χ4n) is 3.50. The summed E-state index contributed by atoms with van der Waals surface area (Å²) in [4.78, 5) is 12.1. The fraction of sp³-hybridized carbons (Fsp3) is 0.929. The molecule has 3 aliphatic rings. The standard InChI is InChI=1S/C14H24N2O2/c17-13(9-5-6-9)8-15-14(18)12-7-10-3-1-2-4-11(10)16-12/h9-13,16-17H,1-8H2,(H,15,18). The highest BCUT2D eigenvalue weighted by Gasteiger charge is 2.38. The highest BCUT2D eigenvalue weighted by molar-refractivity contribution is 5.82. The largest absolute Gasteiger partial charge is 0.391 e. The van der Waals surface area contributed by atoms with Gasteiger partial charge in [0.25, 0.3) is 0 Å². The van der Waals surface area contributed by atoms with E-state index < -0.39 is 0 Å². The Hall–Kier alpha value is -0.610. The average molecular weight is 252 g/mol. The number of fused-ring (bicyclic) bond motifs is 1. The Balaban J connectivity index is 1.44. The van der Waals surface area contributed by atoms with Gasteiger partial charge in [0.1, 0.15) is 0 Å². The van der Waals surface area contributed by atoms with Crippen LogP contribution in [-0.4, -0.2) is 35.7 Å². The Morgan fingerprint density at radius 2 is 2.06 bits per heavy atom. The van der Waals surface area contributed by atoms with Crippen LogP contribution in [0.3, 0.4) is 0 Å². The van der Waals surface area contributed by atoms with Gasteiger partial charge in [-0.2, -0.15) is 0 Å². The molecule has 3 fully saturated rings. The van der Waals surface area contributed by atoms with Gasteiger partial charge in [-0.05, 0) is 43.9 Å². The van der Waals surface area contributed by atoms with Crippen LogP contribution in [0.15, 0.2) is 0 Å². The van der Waals surface area contributed by atoms with Crippen molar-refractivity contribution >= 4 is 5.91 Å². The summed E-state index contributed by atoms with van der Waals surface area (Å²) < 4.78 is 0. The van der Waals surface area contributed by atoms with Gasteiger partial charge in [-0.15, -0.1) is 0 Å². The number of hydrogen-bond acceptors (Lipinski definition) is 3. The van der Waals surface area contributed by atoms with Crippen LogP contribution in [0.25, 0.3) is 0 Å². The number of aliphatic hydroxyl groups excluding tert-OH is 1. The van der Waals surface area contributed by atoms with Gasteiger partial charge in [0.15, 0.2) is 0 Å². The first kappa shape index (κ1) is 12.4. The Morgan fingerprint density at radius 1 is 1.28 bits per heavy atom. The van der Waals surface area contributed by atoms with E-state index in [1.54, 1.807) is 0 Å². The summed E-state index contributed by atoms with van der Waals surface area (Å²) >= 11 is 0. The second kappa shape index (κ2) is 5.17. The predicted octanol–water partition coefficient (Wildman–Crippen LogP) is 0.794. The summed E-state index contributed by atoms with van der Waals surface area (Å²) in [5.74, 6) is 1.22. The number of amides is 1. The maximum Gasteiger partial charge on any atom is 0.237 e. The Bertz CT molecular complexity index is 303. The SMILES string of the molecule is O=C(NCC(O)C1CC1)C1CC2CCCCC2N1. The molecule has 4 nitrogen and oxygen atoms in total. The zero-order chi connectivity index (χ0) is 12.5. The van der Waals surface area contributed by atoms with Gasteiger partial charge >= 0.3 is 0 Å². The minimum atomic E-state index is -0.336. The third kappa shape index (κ3) is 2.69. The van der Waals surface area contributed by atoms with Crippen molar-refractivity contribution in [1.29, 1.82) is 0 Å². The molecule has 0 aromatic heterocycles. The molecule has 0 spiro atoms. The molecule has 3 N–H and O–H groups in total. The van der Waals surface area contributed by atoms with E-state index in [0.717, 1.165) is 19.3 Å². The molecule has 4 heteroatoms. The lowest BCUT2D eigenvalue weighted by Crippen LogP contribution is -2.45. The summed E-state index contributed by atoms with van der Waals surface area (Å²) in [5, 5.41) is 16.1. The zero-order valence-corrected chi connectivity index (χ0v) is 10.9. The lowest BCUT2D eigenvalue weighted by Gasteiger charge is -2.24. The van der Waals surface area contributed by atoms with E-state index >= 15 is 0 Å². The van der Waals surface area contributed by atoms with Crippen molar-refractivity contribution in [3.8, 4) is 0 Å². The Kier molecular flexibility index (Phi) is 3.57. The summed E-state index contributed by atoms with van der Waals surface area (Å²) in [6.45, 7) is 0.428. The molecule has 1 aliphatic heterocycles. The minimum Gasteiger partial charge on any atom is -0.391 e. The lowest BCUT2D eigenvalue weighted by molar-refractivity contribution is -0.123. The molecule has 4 atom stereocenters. The lowest BCUT2D eigenvalue weighted by atomic mass is 9.85. The molecule has 0 radical (unpaired) electrons. The maximum atomic E-state index is 12.1. The topological polar surface area (TPSA) is 61.4 Å². The summed E-state index contributed by atoms with van der Waals surface area (Å²) in [6.07, 6.45) is 7.98. The van der Waals surface area contributed by atoms with Crippen molar-refractivity contribution in [3.05, 3.63) is 0 Å². The summed E-state index contributed by atoms with van der Waals surface area (Å²) in [5.41, 5.74) is 0. The minimum absolute atomic E-state index is 0.0236. The van der Waals surface area contributed by atoms with Crippen LogP contribution >= 0.6 is 0 Å². The van der Waals surface area contributed by atoms with Crippen LogP contribution in [0, 0.1) is 11.8 Å². The van der Waals surface area contributed by atoms with Gasteiger partial charge in [-0.1, -0.05) is 12.8 Å². The van der Waals surface area contributed by atoms with Crippen molar-refractivity contribution in [1.82, 2.24) is 10.6 Å². The molecule has 18 heavy (non-hydrogen) atoms. The van der Waals surface area contributed by atoms with Gasteiger partial charge in [0.2, 0.25) is 5.91 Å². The van der Waals surface area contributed by atoms with Crippen molar-refractivity contribution in [2.45, 2.75) is 63.1 Å². The summed E-state index contributed by atoms with van der Waals surface area (Å²) in [6, 6.07) is 0.535. The van der Waals surface area contributed by atoms with Crippen LogP contribution < -0.4 is 10.6 Å². The molecule has 0 bridgehead atoms. The number of hydrogen-bond donors (Lipinski definition) is 3. The number of carbonyl (C=O) groups is 1.